The molecule has 0 aliphatic heterocycles. The average Bonchev–Trinajstić information content (AvgIpc) is 3.22. The standard InChI is InChI=1S/C21H14Cl2N2O4/c22-18-9-15(10-19(23)17(18)11-24)21(13-3-4-14(21)6-5-13)29-20(26)12-1-7-16(8-2-12)25(27)28/h1-4,7-10,13-14H,5-6H2. The van der Waals surface area contributed by atoms with E-state index in [1.165, 1.54) is 24.3 Å². The predicted octanol–water partition coefficient (Wildman–Crippen LogP) is 5.42. The van der Waals surface area contributed by atoms with E-state index in [0.717, 1.165) is 12.8 Å². The van der Waals surface area contributed by atoms with Crippen LogP contribution in [0.25, 0.3) is 0 Å². The van der Waals surface area contributed by atoms with Crippen LogP contribution in [0.3, 0.4) is 0 Å². The number of nitro groups is 1. The Labute approximate surface area is 176 Å². The molecule has 2 bridgehead atoms. The van der Waals surface area contributed by atoms with E-state index in [1.807, 2.05) is 18.2 Å². The van der Waals surface area contributed by atoms with Crippen LogP contribution in [0.4, 0.5) is 5.69 Å². The topological polar surface area (TPSA) is 93.2 Å². The van der Waals surface area contributed by atoms with Crippen LogP contribution in [0.5, 0.6) is 0 Å². The largest absolute Gasteiger partial charge is 0.449 e. The molecule has 4 rings (SSSR count). The molecule has 0 radical (unpaired) electrons. The number of fused-ring (bicyclic) bond motifs is 2. The molecule has 0 aromatic heterocycles. The molecule has 1 fully saturated rings. The van der Waals surface area contributed by atoms with Crippen LogP contribution in [0.1, 0.15) is 34.3 Å². The van der Waals surface area contributed by atoms with Gasteiger partial charge in [-0.3, -0.25) is 10.1 Å². The first kappa shape index (κ1) is 19.4. The third kappa shape index (κ3) is 3.07. The SMILES string of the molecule is N#Cc1c(Cl)cc(C2(OC(=O)c3ccc([N+](=O)[O-])cc3)C3C=CC2CC3)cc1Cl. The summed E-state index contributed by atoms with van der Waals surface area (Å²) in [5.74, 6) is -0.679. The van der Waals surface area contributed by atoms with Crippen molar-refractivity contribution < 1.29 is 14.5 Å². The second-order valence-electron chi connectivity index (χ2n) is 7.09. The minimum absolute atomic E-state index is 0.0467. The maximum absolute atomic E-state index is 12.9. The Balaban J connectivity index is 1.74. The molecule has 0 saturated heterocycles. The van der Waals surface area contributed by atoms with Crippen LogP contribution >= 0.6 is 23.2 Å². The first-order chi connectivity index (χ1) is 13.9. The van der Waals surface area contributed by atoms with Crippen LogP contribution in [-0.2, 0) is 10.3 Å². The molecule has 0 amide bonds. The monoisotopic (exact) mass is 428 g/mol. The summed E-state index contributed by atoms with van der Waals surface area (Å²) in [7, 11) is 0. The van der Waals surface area contributed by atoms with E-state index in [4.69, 9.17) is 27.9 Å². The van der Waals surface area contributed by atoms with Gasteiger partial charge in [0.15, 0.2) is 0 Å². The predicted molar refractivity (Wildman–Crippen MR) is 107 cm³/mol. The highest BCUT2D eigenvalue weighted by Crippen LogP contribution is 2.57. The molecular formula is C21H14Cl2N2O4. The van der Waals surface area contributed by atoms with Crippen LogP contribution in [-0.4, -0.2) is 10.9 Å². The highest BCUT2D eigenvalue weighted by Gasteiger charge is 2.56. The van der Waals surface area contributed by atoms with Crippen LogP contribution in [0, 0.1) is 33.3 Å². The van der Waals surface area contributed by atoms with E-state index in [0.29, 0.717) is 5.56 Å². The van der Waals surface area contributed by atoms with Gasteiger partial charge < -0.3 is 4.74 Å². The lowest BCUT2D eigenvalue weighted by Crippen LogP contribution is -2.38. The number of ether oxygens (including phenoxy) is 1. The summed E-state index contributed by atoms with van der Waals surface area (Å²) in [6, 6.07) is 10.5. The normalized spacial score (nSPS) is 24.3. The number of hydrogen-bond acceptors (Lipinski definition) is 5. The molecule has 29 heavy (non-hydrogen) atoms. The highest BCUT2D eigenvalue weighted by atomic mass is 35.5. The third-order valence-electron chi connectivity index (χ3n) is 5.65. The summed E-state index contributed by atoms with van der Waals surface area (Å²) in [5.41, 5.74) is -0.0525. The number of nitrogens with zero attached hydrogens (tertiary/aromatic N) is 2. The van der Waals surface area contributed by atoms with Crippen molar-refractivity contribution in [2.45, 2.75) is 18.4 Å². The number of non-ortho nitro benzene ring substituents is 1. The fraction of sp³-hybridized carbons (Fsp3) is 0.238. The second kappa shape index (κ2) is 7.18. The third-order valence-corrected chi connectivity index (χ3v) is 6.24. The van der Waals surface area contributed by atoms with Gasteiger partial charge in [0.1, 0.15) is 11.7 Å². The first-order valence-electron chi connectivity index (χ1n) is 8.92. The van der Waals surface area contributed by atoms with E-state index in [-0.39, 0.29) is 38.7 Å². The van der Waals surface area contributed by atoms with Crippen molar-refractivity contribution in [1.29, 1.82) is 5.26 Å². The van der Waals surface area contributed by atoms with Crippen molar-refractivity contribution >= 4 is 34.9 Å². The molecule has 2 unspecified atom stereocenters. The van der Waals surface area contributed by atoms with Crippen molar-refractivity contribution in [3.8, 4) is 6.07 Å². The van der Waals surface area contributed by atoms with Gasteiger partial charge in [-0.05, 0) is 42.7 Å². The van der Waals surface area contributed by atoms with Crippen molar-refractivity contribution in [3.63, 3.8) is 0 Å². The summed E-state index contributed by atoms with van der Waals surface area (Å²) in [5, 5.41) is 20.5. The summed E-state index contributed by atoms with van der Waals surface area (Å²) in [4.78, 5) is 23.2. The molecule has 2 aromatic carbocycles. The molecule has 8 heteroatoms. The molecular weight excluding hydrogens is 415 g/mol. The zero-order chi connectivity index (χ0) is 20.8. The molecule has 146 valence electrons. The van der Waals surface area contributed by atoms with Gasteiger partial charge in [0.25, 0.3) is 5.69 Å². The van der Waals surface area contributed by atoms with Gasteiger partial charge in [0.05, 0.1) is 26.1 Å². The molecule has 2 aliphatic carbocycles. The van der Waals surface area contributed by atoms with Crippen LogP contribution in [0.2, 0.25) is 10.0 Å². The second-order valence-corrected chi connectivity index (χ2v) is 7.90. The molecule has 0 N–H and O–H groups in total. The number of nitriles is 1. The molecule has 2 aromatic rings. The van der Waals surface area contributed by atoms with Gasteiger partial charge in [0, 0.05) is 24.0 Å². The fourth-order valence-corrected chi connectivity index (χ4v) is 4.86. The Kier molecular flexibility index (Phi) is 4.81. The molecule has 0 spiro atoms. The van der Waals surface area contributed by atoms with E-state index >= 15 is 0 Å². The van der Waals surface area contributed by atoms with Gasteiger partial charge in [-0.25, -0.2) is 4.79 Å². The van der Waals surface area contributed by atoms with Gasteiger partial charge in [-0.1, -0.05) is 35.4 Å². The Hall–Kier alpha value is -2.88. The number of nitro benzene ring substituents is 1. The molecule has 0 heterocycles. The molecule has 2 atom stereocenters. The minimum Gasteiger partial charge on any atom is -0.449 e. The lowest BCUT2D eigenvalue weighted by Gasteiger charge is -2.35. The maximum atomic E-state index is 12.9. The van der Waals surface area contributed by atoms with E-state index < -0.39 is 16.5 Å². The quantitative estimate of drug-likeness (QED) is 0.280. The number of benzene rings is 2. The Bertz CT molecular complexity index is 1050. The summed E-state index contributed by atoms with van der Waals surface area (Å²) in [6.45, 7) is 0. The molecule has 1 saturated carbocycles. The number of carbonyl (C=O) groups excluding carboxylic acids is 1. The summed E-state index contributed by atoms with van der Waals surface area (Å²) in [6.07, 6.45) is 5.72. The number of halogens is 2. The summed E-state index contributed by atoms with van der Waals surface area (Å²) >= 11 is 12.5. The summed E-state index contributed by atoms with van der Waals surface area (Å²) < 4.78 is 6.07. The number of esters is 1. The van der Waals surface area contributed by atoms with E-state index in [1.54, 1.807) is 12.1 Å². The zero-order valence-corrected chi connectivity index (χ0v) is 16.5. The fourth-order valence-electron chi connectivity index (χ4n) is 4.29. The first-order valence-corrected chi connectivity index (χ1v) is 9.68. The average molecular weight is 429 g/mol. The van der Waals surface area contributed by atoms with Gasteiger partial charge in [-0.15, -0.1) is 0 Å². The van der Waals surface area contributed by atoms with E-state index in [2.05, 4.69) is 0 Å². The van der Waals surface area contributed by atoms with E-state index in [9.17, 15) is 20.2 Å². The number of carbonyl (C=O) groups is 1. The van der Waals surface area contributed by atoms with Gasteiger partial charge in [-0.2, -0.15) is 5.26 Å². The highest BCUT2D eigenvalue weighted by molar-refractivity contribution is 6.36. The van der Waals surface area contributed by atoms with Gasteiger partial charge in [0.2, 0.25) is 0 Å². The lowest BCUT2D eigenvalue weighted by molar-refractivity contribution is -0.384. The molecule has 6 nitrogen and oxygen atoms in total. The minimum atomic E-state index is -0.972. The number of hydrogen-bond donors (Lipinski definition) is 0. The van der Waals surface area contributed by atoms with Crippen molar-refractivity contribution in [2.24, 2.45) is 11.8 Å². The lowest BCUT2D eigenvalue weighted by atomic mass is 9.82. The number of rotatable bonds is 4. The Morgan fingerprint density at radius 1 is 1.14 bits per heavy atom. The van der Waals surface area contributed by atoms with Crippen molar-refractivity contribution in [3.05, 3.63) is 85.4 Å². The Morgan fingerprint density at radius 2 is 1.69 bits per heavy atom. The maximum Gasteiger partial charge on any atom is 0.339 e. The van der Waals surface area contributed by atoms with Crippen LogP contribution in [0.15, 0.2) is 48.6 Å². The zero-order valence-electron chi connectivity index (χ0n) is 15.0. The van der Waals surface area contributed by atoms with Crippen LogP contribution < -0.4 is 0 Å². The van der Waals surface area contributed by atoms with Gasteiger partial charge >= 0.3 is 5.97 Å². The van der Waals surface area contributed by atoms with Crippen molar-refractivity contribution in [2.75, 3.05) is 0 Å². The molecule has 2 aliphatic rings. The van der Waals surface area contributed by atoms with Crippen molar-refractivity contribution in [1.82, 2.24) is 0 Å². The smallest absolute Gasteiger partial charge is 0.339 e. The Morgan fingerprint density at radius 3 is 2.14 bits per heavy atom.